The van der Waals surface area contributed by atoms with Crippen molar-refractivity contribution in [3.05, 3.63) is 107 Å². The van der Waals surface area contributed by atoms with Crippen molar-refractivity contribution >= 4 is 34.6 Å². The van der Waals surface area contributed by atoms with E-state index in [-0.39, 0.29) is 4.59 Å². The first kappa shape index (κ1) is 18.1. The van der Waals surface area contributed by atoms with Gasteiger partial charge in [0.05, 0.1) is 39.9 Å². The fourth-order valence-corrected chi connectivity index (χ4v) is 4.15. The highest BCUT2D eigenvalue weighted by Gasteiger charge is 2.45. The highest BCUT2D eigenvalue weighted by atomic mass is 35.5. The standard InChI is InChI=1S/C24H16ClN6/c25-18-12-16-7-8-20(19-6-1-2-9-28-19)29-21(16)13-17(18)24-30-23(15-4-3-5-15)22-14-27-10-11-31(22,24)26/h1-14H,26H2/q+1. The van der Waals surface area contributed by atoms with Crippen molar-refractivity contribution in [2.75, 3.05) is 0 Å². The molecule has 0 spiro atoms. The quantitative estimate of drug-likeness (QED) is 0.491. The van der Waals surface area contributed by atoms with Gasteiger partial charge in [-0.3, -0.25) is 9.98 Å². The number of aromatic nitrogens is 2. The minimum absolute atomic E-state index is 0.0881. The number of pyridine rings is 2. The van der Waals surface area contributed by atoms with Crippen LogP contribution in [0, 0.1) is 0 Å². The summed E-state index contributed by atoms with van der Waals surface area (Å²) in [5.41, 5.74) is 5.77. The molecule has 3 aliphatic rings. The van der Waals surface area contributed by atoms with Crippen molar-refractivity contribution in [3.8, 4) is 11.4 Å². The van der Waals surface area contributed by atoms with Crippen LogP contribution in [0.25, 0.3) is 22.3 Å². The molecule has 148 valence electrons. The number of amidine groups is 1. The summed E-state index contributed by atoms with van der Waals surface area (Å²) < 4.78 is -0.0881. The van der Waals surface area contributed by atoms with Crippen LogP contribution in [0.5, 0.6) is 0 Å². The summed E-state index contributed by atoms with van der Waals surface area (Å²) in [6.45, 7) is 0. The first-order valence-electron chi connectivity index (χ1n) is 9.77. The molecule has 4 heterocycles. The summed E-state index contributed by atoms with van der Waals surface area (Å²) >= 11 is 6.72. The van der Waals surface area contributed by atoms with E-state index in [0.29, 0.717) is 10.9 Å². The van der Waals surface area contributed by atoms with Gasteiger partial charge in [-0.05, 0) is 30.3 Å². The van der Waals surface area contributed by atoms with Crippen LogP contribution in [0.2, 0.25) is 5.02 Å². The zero-order valence-electron chi connectivity index (χ0n) is 16.3. The third-order valence-corrected chi connectivity index (χ3v) is 5.88. The van der Waals surface area contributed by atoms with Gasteiger partial charge in [-0.15, -0.1) is 4.59 Å². The molecule has 7 heteroatoms. The lowest BCUT2D eigenvalue weighted by molar-refractivity contribution is -0.750. The largest absolute Gasteiger partial charge is 0.266 e. The molecular formula is C24H16ClN6+. The predicted octanol–water partition coefficient (Wildman–Crippen LogP) is 4.66. The molecule has 2 aromatic heterocycles. The van der Waals surface area contributed by atoms with Gasteiger partial charge in [0.15, 0.2) is 0 Å². The van der Waals surface area contributed by atoms with E-state index >= 15 is 0 Å². The third kappa shape index (κ3) is 2.74. The van der Waals surface area contributed by atoms with Crippen molar-refractivity contribution < 1.29 is 4.59 Å². The topological polar surface area (TPSA) is 76.5 Å². The van der Waals surface area contributed by atoms with Crippen LogP contribution < -0.4 is 5.84 Å². The molecule has 31 heavy (non-hydrogen) atoms. The third-order valence-electron chi connectivity index (χ3n) is 5.57. The summed E-state index contributed by atoms with van der Waals surface area (Å²) in [6, 6.07) is 13.6. The molecule has 0 bridgehead atoms. The van der Waals surface area contributed by atoms with Gasteiger partial charge in [0.25, 0.3) is 5.84 Å². The Labute approximate surface area is 183 Å². The Kier molecular flexibility index (Phi) is 3.88. The van der Waals surface area contributed by atoms with Gasteiger partial charge < -0.3 is 0 Å². The minimum Gasteiger partial charge on any atom is -0.255 e. The van der Waals surface area contributed by atoms with Gasteiger partial charge in [0.2, 0.25) is 5.70 Å². The van der Waals surface area contributed by atoms with Crippen LogP contribution in [0.15, 0.2) is 106 Å². The molecule has 0 fully saturated rings. The van der Waals surface area contributed by atoms with E-state index in [2.05, 4.69) is 9.98 Å². The average Bonchev–Trinajstić information content (AvgIpc) is 3.05. The Hall–Kier alpha value is -3.71. The molecule has 1 unspecified atom stereocenters. The van der Waals surface area contributed by atoms with Gasteiger partial charge in [-0.25, -0.2) is 4.98 Å². The zero-order valence-corrected chi connectivity index (χ0v) is 17.0. The van der Waals surface area contributed by atoms with E-state index in [4.69, 9.17) is 27.4 Å². The van der Waals surface area contributed by atoms with Gasteiger partial charge in [-0.1, -0.05) is 42.0 Å². The van der Waals surface area contributed by atoms with Crippen LogP contribution in [-0.2, 0) is 0 Å². The SMILES string of the molecule is N[N+]12C=CN=CC1=C(C1=CC=C1)N=C2c1cc2nc(-c3ccccn3)ccc2cc1Cl. The van der Waals surface area contributed by atoms with Crippen molar-refractivity contribution in [2.24, 2.45) is 15.8 Å². The Bertz CT molecular complexity index is 1450. The van der Waals surface area contributed by atoms with E-state index < -0.39 is 0 Å². The molecule has 0 saturated carbocycles. The highest BCUT2D eigenvalue weighted by molar-refractivity contribution is 6.34. The molecule has 2 N–H and O–H groups in total. The summed E-state index contributed by atoms with van der Waals surface area (Å²) in [5.74, 6) is 7.44. The normalized spacial score (nSPS) is 21.2. The first-order chi connectivity index (χ1) is 15.1. The molecule has 1 aliphatic carbocycles. The number of quaternary nitrogens is 1. The van der Waals surface area contributed by atoms with Crippen LogP contribution in [0.3, 0.4) is 0 Å². The van der Waals surface area contributed by atoms with E-state index in [1.165, 1.54) is 0 Å². The number of halogens is 1. The van der Waals surface area contributed by atoms with E-state index in [1.54, 1.807) is 18.6 Å². The number of allylic oxidation sites excluding steroid dienone is 4. The summed E-state index contributed by atoms with van der Waals surface area (Å²) in [6.07, 6.45) is 13.0. The minimum atomic E-state index is -0.0881. The lowest BCUT2D eigenvalue weighted by Crippen LogP contribution is -2.53. The Balaban J connectivity index is 1.52. The maximum Gasteiger partial charge on any atom is 0.266 e. The molecule has 6 nitrogen and oxygen atoms in total. The van der Waals surface area contributed by atoms with Gasteiger partial charge in [-0.2, -0.15) is 10.8 Å². The molecule has 2 aliphatic heterocycles. The van der Waals surface area contributed by atoms with E-state index in [1.807, 2.05) is 66.9 Å². The number of hydrogen-bond acceptors (Lipinski definition) is 5. The van der Waals surface area contributed by atoms with Crippen molar-refractivity contribution in [3.63, 3.8) is 0 Å². The maximum absolute atomic E-state index is 6.81. The number of nitrogens with zero attached hydrogens (tertiary/aromatic N) is 5. The Morgan fingerprint density at radius 1 is 1.03 bits per heavy atom. The van der Waals surface area contributed by atoms with Crippen LogP contribution >= 0.6 is 11.6 Å². The second kappa shape index (κ2) is 6.65. The molecule has 6 rings (SSSR count). The summed E-state index contributed by atoms with van der Waals surface area (Å²) in [4.78, 5) is 18.4. The number of hydrogen-bond donors (Lipinski definition) is 1. The number of benzene rings is 1. The first-order valence-corrected chi connectivity index (χ1v) is 10.1. The molecule has 0 radical (unpaired) electrons. The monoisotopic (exact) mass is 423 g/mol. The number of nitrogens with two attached hydrogens (primary N) is 1. The molecule has 1 aromatic carbocycles. The lowest BCUT2D eigenvalue weighted by atomic mass is 10.0. The maximum atomic E-state index is 6.81. The lowest BCUT2D eigenvalue weighted by Gasteiger charge is -2.26. The van der Waals surface area contributed by atoms with Crippen molar-refractivity contribution in [1.29, 1.82) is 0 Å². The molecular weight excluding hydrogens is 408 g/mol. The van der Waals surface area contributed by atoms with Gasteiger partial charge in [0.1, 0.15) is 11.9 Å². The van der Waals surface area contributed by atoms with Crippen molar-refractivity contribution in [2.45, 2.75) is 0 Å². The predicted molar refractivity (Wildman–Crippen MR) is 123 cm³/mol. The number of fused-ring (bicyclic) bond motifs is 2. The zero-order chi connectivity index (χ0) is 21.0. The van der Waals surface area contributed by atoms with Crippen molar-refractivity contribution in [1.82, 2.24) is 9.97 Å². The smallest absolute Gasteiger partial charge is 0.255 e. The van der Waals surface area contributed by atoms with Gasteiger partial charge >= 0.3 is 0 Å². The fraction of sp³-hybridized carbons (Fsp3) is 0. The summed E-state index contributed by atoms with van der Waals surface area (Å²) in [7, 11) is 0. The van der Waals surface area contributed by atoms with Crippen LogP contribution in [-0.4, -0.2) is 26.6 Å². The Morgan fingerprint density at radius 3 is 2.71 bits per heavy atom. The van der Waals surface area contributed by atoms with Crippen LogP contribution in [0.4, 0.5) is 0 Å². The second-order valence-corrected chi connectivity index (χ2v) is 7.85. The fourth-order valence-electron chi connectivity index (χ4n) is 3.89. The molecule has 0 amide bonds. The highest BCUT2D eigenvalue weighted by Crippen LogP contribution is 2.38. The number of rotatable bonds is 3. The molecule has 0 saturated heterocycles. The molecule has 3 aromatic rings. The second-order valence-electron chi connectivity index (χ2n) is 7.44. The van der Waals surface area contributed by atoms with E-state index in [9.17, 15) is 0 Å². The Morgan fingerprint density at radius 2 is 1.94 bits per heavy atom. The van der Waals surface area contributed by atoms with Crippen LogP contribution in [0.1, 0.15) is 5.56 Å². The summed E-state index contributed by atoms with van der Waals surface area (Å²) in [5, 5.41) is 1.50. The van der Waals surface area contributed by atoms with Gasteiger partial charge in [0, 0.05) is 17.2 Å². The average molecular weight is 424 g/mol. The van der Waals surface area contributed by atoms with E-state index in [0.717, 1.165) is 44.8 Å². The number of aliphatic imine (C=N–C) groups is 2. The molecule has 1 atom stereocenters.